The van der Waals surface area contributed by atoms with Crippen LogP contribution in [0.1, 0.15) is 47.5 Å². The minimum absolute atomic E-state index is 0.0114. The molecule has 0 aromatic carbocycles. The number of rotatable bonds is 9. The van der Waals surface area contributed by atoms with E-state index in [0.717, 1.165) is 25.9 Å². The highest BCUT2D eigenvalue weighted by molar-refractivity contribution is 7.89. The van der Waals surface area contributed by atoms with Crippen molar-refractivity contribution in [1.82, 2.24) is 9.21 Å². The third-order valence-electron chi connectivity index (χ3n) is 5.95. The second-order valence-electron chi connectivity index (χ2n) is 9.19. The van der Waals surface area contributed by atoms with Crippen molar-refractivity contribution in [1.29, 1.82) is 0 Å². The van der Waals surface area contributed by atoms with Crippen LogP contribution in [-0.4, -0.2) is 76.6 Å². The van der Waals surface area contributed by atoms with E-state index in [1.54, 1.807) is 4.31 Å². The predicted octanol–water partition coefficient (Wildman–Crippen LogP) is 2.47. The zero-order chi connectivity index (χ0) is 20.2. The van der Waals surface area contributed by atoms with Gasteiger partial charge in [0.05, 0.1) is 5.75 Å². The summed E-state index contributed by atoms with van der Waals surface area (Å²) in [5.74, 6) is 0.0114. The van der Waals surface area contributed by atoms with Crippen LogP contribution >= 0.6 is 0 Å². The summed E-state index contributed by atoms with van der Waals surface area (Å²) >= 11 is 0. The van der Waals surface area contributed by atoms with Gasteiger partial charge in [0.25, 0.3) is 0 Å². The second kappa shape index (κ2) is 9.47. The van der Waals surface area contributed by atoms with Crippen molar-refractivity contribution in [3.05, 3.63) is 0 Å². The number of nitrogens with zero attached hydrogens (tertiary/aromatic N) is 2. The van der Waals surface area contributed by atoms with E-state index >= 15 is 0 Å². The van der Waals surface area contributed by atoms with E-state index in [0.29, 0.717) is 19.2 Å². The van der Waals surface area contributed by atoms with E-state index in [4.69, 9.17) is 10.2 Å². The molecule has 8 heteroatoms. The maximum Gasteiger partial charge on any atom is 0.215 e. The van der Waals surface area contributed by atoms with Gasteiger partial charge >= 0.3 is 0 Å². The van der Waals surface area contributed by atoms with Crippen molar-refractivity contribution in [2.24, 2.45) is 5.73 Å². The standard InChI is InChI=1S/C18H41N3O3SSi/c1-16(2)20-11-8-17(9-12-20)21(25(22,23)15-10-19)13-14-24-26(6,7)18(3,4)5/h16-17H,8-15,19H2,1-7H3. The van der Waals surface area contributed by atoms with Gasteiger partial charge < -0.3 is 15.1 Å². The van der Waals surface area contributed by atoms with Crippen LogP contribution in [0.2, 0.25) is 18.1 Å². The number of piperidine rings is 1. The number of hydrogen-bond acceptors (Lipinski definition) is 5. The number of nitrogens with two attached hydrogens (primary N) is 1. The Morgan fingerprint density at radius 2 is 1.77 bits per heavy atom. The van der Waals surface area contributed by atoms with Crippen molar-refractivity contribution < 1.29 is 12.8 Å². The van der Waals surface area contributed by atoms with Gasteiger partial charge in [-0.3, -0.25) is 0 Å². The van der Waals surface area contributed by atoms with E-state index in [1.807, 2.05) is 0 Å². The predicted molar refractivity (Wildman–Crippen MR) is 112 cm³/mol. The van der Waals surface area contributed by atoms with Gasteiger partial charge in [-0.05, 0) is 57.9 Å². The molecular formula is C18H41N3O3SSi. The van der Waals surface area contributed by atoms with Crippen LogP contribution in [0.15, 0.2) is 0 Å². The van der Waals surface area contributed by atoms with Crippen LogP contribution in [0.25, 0.3) is 0 Å². The molecular weight excluding hydrogens is 366 g/mol. The van der Waals surface area contributed by atoms with Crippen LogP contribution in [0.3, 0.4) is 0 Å². The van der Waals surface area contributed by atoms with E-state index < -0.39 is 18.3 Å². The summed E-state index contributed by atoms with van der Waals surface area (Å²) in [7, 11) is -5.22. The highest BCUT2D eigenvalue weighted by atomic mass is 32.2. The lowest BCUT2D eigenvalue weighted by Gasteiger charge is -2.40. The molecule has 1 aliphatic rings. The smallest absolute Gasteiger partial charge is 0.215 e. The summed E-state index contributed by atoms with van der Waals surface area (Å²) in [6.45, 7) is 18.3. The zero-order valence-electron chi connectivity index (χ0n) is 17.9. The average molecular weight is 408 g/mol. The minimum Gasteiger partial charge on any atom is -0.415 e. The van der Waals surface area contributed by atoms with Crippen molar-refractivity contribution in [3.8, 4) is 0 Å². The molecule has 0 saturated carbocycles. The molecule has 6 nitrogen and oxygen atoms in total. The molecule has 1 rings (SSSR count). The van der Waals surface area contributed by atoms with Gasteiger partial charge in [-0.25, -0.2) is 8.42 Å². The molecule has 0 amide bonds. The molecule has 0 bridgehead atoms. The highest BCUT2D eigenvalue weighted by Crippen LogP contribution is 2.36. The Labute approximate surface area is 162 Å². The lowest BCUT2D eigenvalue weighted by atomic mass is 10.0. The largest absolute Gasteiger partial charge is 0.415 e. The van der Waals surface area contributed by atoms with Crippen LogP contribution in [0, 0.1) is 0 Å². The molecule has 1 saturated heterocycles. The first kappa shape index (κ1) is 24.0. The van der Waals surface area contributed by atoms with Gasteiger partial charge in [0.15, 0.2) is 8.32 Å². The first-order chi connectivity index (χ1) is 11.8. The zero-order valence-corrected chi connectivity index (χ0v) is 19.7. The molecule has 0 radical (unpaired) electrons. The van der Waals surface area contributed by atoms with Crippen LogP contribution in [0.5, 0.6) is 0 Å². The third-order valence-corrected chi connectivity index (χ3v) is 12.4. The van der Waals surface area contributed by atoms with Crippen molar-refractivity contribution in [2.75, 3.05) is 38.5 Å². The average Bonchev–Trinajstić information content (AvgIpc) is 2.50. The topological polar surface area (TPSA) is 75.9 Å². The number of likely N-dealkylation sites (tertiary alicyclic amines) is 1. The Balaban J connectivity index is 2.79. The van der Waals surface area contributed by atoms with E-state index in [-0.39, 0.29) is 23.4 Å². The fraction of sp³-hybridized carbons (Fsp3) is 1.00. The van der Waals surface area contributed by atoms with Crippen LogP contribution in [-0.2, 0) is 14.4 Å². The van der Waals surface area contributed by atoms with Gasteiger partial charge in [-0.15, -0.1) is 0 Å². The number of hydrogen-bond donors (Lipinski definition) is 1. The summed E-state index contributed by atoms with van der Waals surface area (Å²) in [4.78, 5) is 2.41. The Bertz CT molecular complexity index is 524. The lowest BCUT2D eigenvalue weighted by molar-refractivity contribution is 0.124. The van der Waals surface area contributed by atoms with Gasteiger partial charge in [-0.1, -0.05) is 20.8 Å². The summed E-state index contributed by atoms with van der Waals surface area (Å²) < 4.78 is 33.5. The quantitative estimate of drug-likeness (QED) is 0.594. The summed E-state index contributed by atoms with van der Waals surface area (Å²) in [6.07, 6.45) is 1.75. The molecule has 0 unspecified atom stereocenters. The molecule has 0 aromatic heterocycles. The molecule has 1 heterocycles. The summed E-state index contributed by atoms with van der Waals surface area (Å²) in [6, 6.07) is 0.566. The molecule has 26 heavy (non-hydrogen) atoms. The van der Waals surface area contributed by atoms with Crippen LogP contribution < -0.4 is 5.73 Å². The molecule has 156 valence electrons. The minimum atomic E-state index is -3.34. The van der Waals surface area contributed by atoms with Gasteiger partial charge in [0.1, 0.15) is 0 Å². The summed E-state index contributed by atoms with van der Waals surface area (Å²) in [5.41, 5.74) is 5.56. The van der Waals surface area contributed by atoms with Crippen molar-refractivity contribution >= 4 is 18.3 Å². The highest BCUT2D eigenvalue weighted by Gasteiger charge is 2.38. The van der Waals surface area contributed by atoms with E-state index in [2.05, 4.69) is 52.6 Å². The van der Waals surface area contributed by atoms with E-state index in [9.17, 15) is 8.42 Å². The van der Waals surface area contributed by atoms with E-state index in [1.165, 1.54) is 0 Å². The molecule has 0 atom stereocenters. The Morgan fingerprint density at radius 1 is 1.23 bits per heavy atom. The third kappa shape index (κ3) is 6.56. The molecule has 1 aliphatic heterocycles. The van der Waals surface area contributed by atoms with Gasteiger partial charge in [0.2, 0.25) is 10.0 Å². The monoisotopic (exact) mass is 407 g/mol. The first-order valence-corrected chi connectivity index (χ1v) is 14.4. The SMILES string of the molecule is CC(C)N1CCC(N(CCO[Si](C)(C)C(C)(C)C)S(=O)(=O)CCN)CC1. The summed E-state index contributed by atoms with van der Waals surface area (Å²) in [5, 5.41) is 0.122. The van der Waals surface area contributed by atoms with Gasteiger partial charge in [-0.2, -0.15) is 4.31 Å². The Morgan fingerprint density at radius 3 is 2.19 bits per heavy atom. The molecule has 2 N–H and O–H groups in total. The van der Waals surface area contributed by atoms with Gasteiger partial charge in [0, 0.05) is 31.8 Å². The van der Waals surface area contributed by atoms with Crippen LogP contribution in [0.4, 0.5) is 0 Å². The second-order valence-corrected chi connectivity index (χ2v) is 16.0. The van der Waals surface area contributed by atoms with Crippen molar-refractivity contribution in [2.45, 2.75) is 77.7 Å². The first-order valence-electron chi connectivity index (χ1n) is 9.89. The fourth-order valence-electron chi connectivity index (χ4n) is 3.11. The Kier molecular flexibility index (Phi) is 8.76. The Hall–Kier alpha value is 0.00688. The normalized spacial score (nSPS) is 18.8. The maximum atomic E-state index is 12.8. The van der Waals surface area contributed by atoms with Crippen molar-refractivity contribution in [3.63, 3.8) is 0 Å². The molecule has 0 aliphatic carbocycles. The number of sulfonamides is 1. The molecule has 0 spiro atoms. The lowest BCUT2D eigenvalue weighted by Crippen LogP contribution is -2.51. The maximum absolute atomic E-state index is 12.8. The fourth-order valence-corrected chi connectivity index (χ4v) is 5.70. The molecule has 1 fully saturated rings. The molecule has 0 aromatic rings.